The Labute approximate surface area is 249 Å². The Kier molecular flexibility index (Phi) is 6.90. The molecular formula is C34H29ClN5O2+. The minimum atomic E-state index is -0.284. The molecule has 0 radical (unpaired) electrons. The molecule has 1 atom stereocenters. The van der Waals surface area contributed by atoms with Crippen molar-refractivity contribution in [2.45, 2.75) is 19.4 Å². The fourth-order valence-electron chi connectivity index (χ4n) is 5.79. The largest absolute Gasteiger partial charge is 0.445 e. The van der Waals surface area contributed by atoms with E-state index in [4.69, 9.17) is 26.5 Å². The van der Waals surface area contributed by atoms with Gasteiger partial charge < -0.3 is 9.64 Å². The third-order valence-electron chi connectivity index (χ3n) is 8.07. The molecule has 4 aromatic rings. The van der Waals surface area contributed by atoms with Gasteiger partial charge in [0, 0.05) is 30.0 Å². The maximum absolute atomic E-state index is 12.7. The molecule has 1 amide bonds. The minimum absolute atomic E-state index is 0.0674. The van der Waals surface area contributed by atoms with E-state index in [0.29, 0.717) is 13.1 Å². The summed E-state index contributed by atoms with van der Waals surface area (Å²) in [4.78, 5) is 29.0. The van der Waals surface area contributed by atoms with E-state index in [9.17, 15) is 4.79 Å². The molecule has 0 saturated carbocycles. The first-order chi connectivity index (χ1) is 20.6. The van der Waals surface area contributed by atoms with Gasteiger partial charge in [-0.1, -0.05) is 72.8 Å². The van der Waals surface area contributed by atoms with Gasteiger partial charge in [-0.05, 0) is 36.6 Å². The van der Waals surface area contributed by atoms with Crippen LogP contribution in [0.2, 0.25) is 0 Å². The number of carbonyl (C=O) groups is 1. The van der Waals surface area contributed by atoms with E-state index in [2.05, 4.69) is 41.4 Å². The molecular weight excluding hydrogens is 546 g/mol. The normalized spacial score (nSPS) is 20.1. The van der Waals surface area contributed by atoms with Crippen molar-refractivity contribution in [2.24, 2.45) is 15.9 Å². The predicted molar refractivity (Wildman–Crippen MR) is 165 cm³/mol. The van der Waals surface area contributed by atoms with Crippen LogP contribution in [0.1, 0.15) is 24.0 Å². The van der Waals surface area contributed by atoms with Gasteiger partial charge in [-0.25, -0.2) is 9.78 Å². The predicted octanol–water partition coefficient (Wildman–Crippen LogP) is 7.45. The summed E-state index contributed by atoms with van der Waals surface area (Å²) < 4.78 is 5.50. The topological polar surface area (TPSA) is 67.2 Å². The van der Waals surface area contributed by atoms with Crippen LogP contribution in [-0.2, 0) is 11.3 Å². The molecule has 8 heteroatoms. The minimum Gasteiger partial charge on any atom is -0.445 e. The molecule has 7 rings (SSSR count). The number of piperidine rings is 1. The van der Waals surface area contributed by atoms with Crippen molar-refractivity contribution in [1.29, 1.82) is 0 Å². The number of benzene rings is 3. The number of aromatic nitrogens is 1. The lowest BCUT2D eigenvalue weighted by molar-refractivity contribution is -0.600. The van der Waals surface area contributed by atoms with Gasteiger partial charge in [0.05, 0.1) is 29.2 Å². The molecule has 0 N–H and O–H groups in total. The number of fused-ring (bicyclic) bond motifs is 2. The fraction of sp³-hybridized carbons (Fsp3) is 0.176. The molecule has 1 aromatic heterocycles. The first kappa shape index (κ1) is 26.3. The van der Waals surface area contributed by atoms with Crippen molar-refractivity contribution in [3.63, 3.8) is 0 Å². The summed E-state index contributed by atoms with van der Waals surface area (Å²) >= 11 is 7.31. The number of amidine groups is 1. The van der Waals surface area contributed by atoms with Crippen molar-refractivity contribution in [3.05, 3.63) is 126 Å². The van der Waals surface area contributed by atoms with Crippen LogP contribution in [0.25, 0.3) is 22.2 Å². The number of rotatable bonds is 5. The number of ether oxygens (including phenoxy) is 1. The van der Waals surface area contributed by atoms with E-state index in [1.54, 1.807) is 11.1 Å². The molecule has 208 valence electrons. The van der Waals surface area contributed by atoms with Gasteiger partial charge in [0.2, 0.25) is 5.70 Å². The lowest BCUT2D eigenvalue weighted by Crippen LogP contribution is -2.40. The lowest BCUT2D eigenvalue weighted by atomic mass is 9.92. The Bertz CT molecular complexity index is 1780. The van der Waals surface area contributed by atoms with Crippen molar-refractivity contribution in [1.82, 2.24) is 9.88 Å². The standard InChI is InChI=1S/C34H29ClN5O2/c35-40-20-17-36-22-31(40)32(27-15-18-39(19-16-27)34(41)42-23-24-7-3-1-4-8-24)38-33(40)28-12-11-26-13-14-29(37-30(26)21-28)25-9-5-2-6-10-25/h1-14,17,20-22,27H,15-16,18-19,23H2/q+1. The number of hydrogen-bond donors (Lipinski definition) is 0. The summed E-state index contributed by atoms with van der Waals surface area (Å²) in [5, 5.41) is 1.05. The average Bonchev–Trinajstić information content (AvgIpc) is 3.37. The highest BCUT2D eigenvalue weighted by Crippen LogP contribution is 2.42. The lowest BCUT2D eigenvalue weighted by Gasteiger charge is -2.31. The molecule has 42 heavy (non-hydrogen) atoms. The van der Waals surface area contributed by atoms with Gasteiger partial charge in [-0.2, -0.15) is 4.99 Å². The van der Waals surface area contributed by atoms with Gasteiger partial charge in [0.25, 0.3) is 5.84 Å². The zero-order chi connectivity index (χ0) is 28.5. The highest BCUT2D eigenvalue weighted by molar-refractivity contribution is 6.20. The summed E-state index contributed by atoms with van der Waals surface area (Å²) in [7, 11) is 0. The molecule has 0 bridgehead atoms. The second kappa shape index (κ2) is 11.0. The van der Waals surface area contributed by atoms with E-state index in [0.717, 1.165) is 63.4 Å². The van der Waals surface area contributed by atoms with Crippen molar-refractivity contribution >= 4 is 40.8 Å². The Balaban J connectivity index is 1.13. The van der Waals surface area contributed by atoms with Crippen molar-refractivity contribution in [2.75, 3.05) is 13.1 Å². The second-order valence-corrected chi connectivity index (χ2v) is 11.2. The summed E-state index contributed by atoms with van der Waals surface area (Å²) in [5.74, 6) is 0.871. The average molecular weight is 575 g/mol. The summed E-state index contributed by atoms with van der Waals surface area (Å²) in [6.07, 6.45) is 6.64. The number of halogens is 1. The van der Waals surface area contributed by atoms with E-state index < -0.39 is 0 Å². The van der Waals surface area contributed by atoms with Crippen LogP contribution < -0.4 is 0 Å². The van der Waals surface area contributed by atoms with Crippen molar-refractivity contribution in [3.8, 4) is 11.3 Å². The van der Waals surface area contributed by atoms with Crippen LogP contribution in [0.5, 0.6) is 0 Å². The van der Waals surface area contributed by atoms with Gasteiger partial charge >= 0.3 is 6.09 Å². The number of allylic oxidation sites excluding steroid dienone is 2. The quantitative estimate of drug-likeness (QED) is 0.232. The molecule has 7 nitrogen and oxygen atoms in total. The van der Waals surface area contributed by atoms with Crippen LogP contribution in [0.3, 0.4) is 0 Å². The number of amides is 1. The highest BCUT2D eigenvalue weighted by atomic mass is 35.5. The molecule has 0 spiro atoms. The van der Waals surface area contributed by atoms with Gasteiger partial charge in [-0.15, -0.1) is 4.00 Å². The van der Waals surface area contributed by atoms with Gasteiger partial charge in [-0.3, -0.25) is 4.99 Å². The van der Waals surface area contributed by atoms with Crippen LogP contribution >= 0.6 is 11.8 Å². The van der Waals surface area contributed by atoms with Crippen molar-refractivity contribution < 1.29 is 13.5 Å². The van der Waals surface area contributed by atoms with Crippen LogP contribution in [0.4, 0.5) is 4.79 Å². The zero-order valence-electron chi connectivity index (χ0n) is 22.9. The summed E-state index contributed by atoms with van der Waals surface area (Å²) in [5.41, 5.74) is 6.53. The molecule has 3 aliphatic heterocycles. The number of quaternary nitrogens is 1. The number of carbonyl (C=O) groups excluding carboxylic acids is 1. The van der Waals surface area contributed by atoms with E-state index in [-0.39, 0.29) is 22.6 Å². The Morgan fingerprint density at radius 2 is 1.67 bits per heavy atom. The Morgan fingerprint density at radius 3 is 2.45 bits per heavy atom. The third kappa shape index (κ3) is 4.91. The second-order valence-electron chi connectivity index (χ2n) is 10.7. The van der Waals surface area contributed by atoms with Crippen LogP contribution in [-0.4, -0.2) is 45.1 Å². The number of aliphatic imine (C=N–C) groups is 2. The smallest absolute Gasteiger partial charge is 0.410 e. The van der Waals surface area contributed by atoms with E-state index in [1.165, 1.54) is 0 Å². The number of nitrogens with zero attached hydrogens (tertiary/aromatic N) is 5. The molecule has 1 fully saturated rings. The zero-order valence-corrected chi connectivity index (χ0v) is 23.7. The first-order valence-corrected chi connectivity index (χ1v) is 14.5. The van der Waals surface area contributed by atoms with Crippen LogP contribution in [0, 0.1) is 5.92 Å². The highest BCUT2D eigenvalue weighted by Gasteiger charge is 2.48. The Hall–Kier alpha value is -4.59. The summed E-state index contributed by atoms with van der Waals surface area (Å²) in [6.45, 7) is 1.46. The SMILES string of the molecule is O=C(OCc1ccccc1)N1CCC(C2=C3C=NC=C[N+]3(Cl)C(c3ccc4ccc(-c5ccccc5)nc4c3)=N2)CC1. The monoisotopic (exact) mass is 574 g/mol. The first-order valence-electron chi connectivity index (χ1n) is 14.1. The molecule has 3 aliphatic rings. The van der Waals surface area contributed by atoms with Gasteiger partial charge in [0.1, 0.15) is 18.5 Å². The summed E-state index contributed by atoms with van der Waals surface area (Å²) in [6, 6.07) is 30.2. The number of likely N-dealkylation sites (tertiary alicyclic amines) is 1. The molecule has 1 saturated heterocycles. The third-order valence-corrected chi connectivity index (χ3v) is 8.52. The van der Waals surface area contributed by atoms with E-state index >= 15 is 0 Å². The van der Waals surface area contributed by atoms with E-state index in [1.807, 2.05) is 67.0 Å². The number of pyridine rings is 1. The molecule has 3 aromatic carbocycles. The molecule has 0 aliphatic carbocycles. The fourth-order valence-corrected chi connectivity index (χ4v) is 6.11. The number of hydrogen-bond acceptors (Lipinski definition) is 5. The maximum atomic E-state index is 12.7. The Morgan fingerprint density at radius 1 is 0.929 bits per heavy atom. The van der Waals surface area contributed by atoms with Gasteiger partial charge in [0.15, 0.2) is 11.8 Å². The molecule has 1 unspecified atom stereocenters. The molecule has 4 heterocycles. The van der Waals surface area contributed by atoms with Crippen LogP contribution in [0.15, 0.2) is 125 Å². The maximum Gasteiger partial charge on any atom is 0.410 e.